The van der Waals surface area contributed by atoms with E-state index in [-0.39, 0.29) is 10.8 Å². The van der Waals surface area contributed by atoms with Gasteiger partial charge in [0, 0.05) is 32.9 Å². The molecule has 0 radical (unpaired) electrons. The Hall–Kier alpha value is -6.38. The molecule has 0 fully saturated rings. The van der Waals surface area contributed by atoms with E-state index in [2.05, 4.69) is 221 Å². The Balaban J connectivity index is 1.27. The third kappa shape index (κ3) is 5.46. The molecule has 0 aliphatic rings. The minimum absolute atomic E-state index is 0.0283. The predicted molar refractivity (Wildman–Crippen MR) is 242 cm³/mol. The largest absolute Gasteiger partial charge is 0.310 e. The van der Waals surface area contributed by atoms with Gasteiger partial charge >= 0.3 is 0 Å². The first-order valence-electron chi connectivity index (χ1n) is 19.9. The highest BCUT2D eigenvalue weighted by Crippen LogP contribution is 2.47. The maximum absolute atomic E-state index is 2.51. The van der Waals surface area contributed by atoms with Crippen molar-refractivity contribution < 1.29 is 0 Å². The Bertz CT molecular complexity index is 3010. The standard InChI is InChI=1S/C54H46N2/c1-53(2,3)39-32-40(54(4,5)6)34-42(33-39)55(41-18-14-17-38(31-41)35-15-8-7-9-16-35)49-29-25-36-24-28-46-50(30-26-37-23-27-45(49)51(36)52(37)46)56-47-21-12-10-19-43(47)44-20-11-13-22-48(44)56/h7-34H,1-6H3. The number of hydrogen-bond acceptors (Lipinski definition) is 1. The highest BCUT2D eigenvalue weighted by Gasteiger charge is 2.26. The first-order chi connectivity index (χ1) is 27.0. The fraction of sp³-hybridized carbons (Fsp3) is 0.148. The van der Waals surface area contributed by atoms with Crippen LogP contribution < -0.4 is 4.90 Å². The smallest absolute Gasteiger partial charge is 0.0541 e. The van der Waals surface area contributed by atoms with Crippen molar-refractivity contribution in [1.29, 1.82) is 0 Å². The Morgan fingerprint density at radius 3 is 1.57 bits per heavy atom. The van der Waals surface area contributed by atoms with Gasteiger partial charge in [0.1, 0.15) is 0 Å². The summed E-state index contributed by atoms with van der Waals surface area (Å²) >= 11 is 0. The van der Waals surface area contributed by atoms with Crippen molar-refractivity contribution in [1.82, 2.24) is 4.57 Å². The minimum atomic E-state index is -0.0283. The average molecular weight is 723 g/mol. The van der Waals surface area contributed by atoms with Gasteiger partial charge in [0.05, 0.1) is 22.4 Å². The molecule has 2 heteroatoms. The SMILES string of the molecule is CC(C)(C)c1cc(N(c2cccc(-c3ccccc3)c2)c2ccc3ccc4c(-n5c6ccccc6c6ccccc65)ccc5ccc2c3c54)cc(C(C)(C)C)c1. The number of benzene rings is 9. The van der Waals surface area contributed by atoms with Crippen molar-refractivity contribution in [2.75, 3.05) is 4.90 Å². The number of anilines is 3. The number of nitrogens with zero attached hydrogens (tertiary/aromatic N) is 2. The minimum Gasteiger partial charge on any atom is -0.310 e. The molecule has 2 nitrogen and oxygen atoms in total. The zero-order chi connectivity index (χ0) is 38.3. The quantitative estimate of drug-likeness (QED) is 0.161. The molecule has 0 N–H and O–H groups in total. The number of hydrogen-bond donors (Lipinski definition) is 0. The van der Waals surface area contributed by atoms with Crippen LogP contribution in [0.15, 0.2) is 170 Å². The van der Waals surface area contributed by atoms with E-state index in [1.54, 1.807) is 0 Å². The number of rotatable bonds is 5. The fourth-order valence-electron chi connectivity index (χ4n) is 8.83. The first kappa shape index (κ1) is 34.1. The number of aromatic nitrogens is 1. The third-order valence-electron chi connectivity index (χ3n) is 11.8. The molecule has 0 saturated heterocycles. The van der Waals surface area contributed by atoms with Crippen LogP contribution in [0.1, 0.15) is 52.7 Å². The van der Waals surface area contributed by atoms with E-state index in [1.165, 1.54) is 93.4 Å². The van der Waals surface area contributed by atoms with E-state index in [1.807, 2.05) is 0 Å². The van der Waals surface area contributed by atoms with Crippen molar-refractivity contribution >= 4 is 71.2 Å². The molecule has 0 bridgehead atoms. The van der Waals surface area contributed by atoms with Crippen LogP contribution in [0.4, 0.5) is 17.1 Å². The molecule has 1 aromatic heterocycles. The van der Waals surface area contributed by atoms with Gasteiger partial charge in [-0.05, 0) is 103 Å². The molecule has 1 heterocycles. The summed E-state index contributed by atoms with van der Waals surface area (Å²) in [6.45, 7) is 13.9. The molecule has 10 aromatic rings. The van der Waals surface area contributed by atoms with Gasteiger partial charge in [-0.1, -0.05) is 163 Å². The van der Waals surface area contributed by atoms with Crippen LogP contribution in [0.3, 0.4) is 0 Å². The second kappa shape index (κ2) is 12.6. The van der Waals surface area contributed by atoms with E-state index in [0.29, 0.717) is 0 Å². The molecule has 0 aliphatic carbocycles. The molecule has 9 aromatic carbocycles. The second-order valence-electron chi connectivity index (χ2n) is 17.5. The lowest BCUT2D eigenvalue weighted by molar-refractivity contribution is 0.569. The van der Waals surface area contributed by atoms with Gasteiger partial charge in [0.15, 0.2) is 0 Å². The Kier molecular flexibility index (Phi) is 7.67. The highest BCUT2D eigenvalue weighted by atomic mass is 15.1. The van der Waals surface area contributed by atoms with Crippen LogP contribution in [0.5, 0.6) is 0 Å². The van der Waals surface area contributed by atoms with Crippen LogP contribution in [-0.2, 0) is 10.8 Å². The van der Waals surface area contributed by atoms with Crippen molar-refractivity contribution in [3.63, 3.8) is 0 Å². The molecule has 10 rings (SSSR count). The van der Waals surface area contributed by atoms with Gasteiger partial charge in [-0.25, -0.2) is 0 Å². The highest BCUT2D eigenvalue weighted by molar-refractivity contribution is 6.27. The average Bonchev–Trinajstić information content (AvgIpc) is 3.54. The van der Waals surface area contributed by atoms with Gasteiger partial charge in [0.25, 0.3) is 0 Å². The molecule has 0 aliphatic heterocycles. The lowest BCUT2D eigenvalue weighted by atomic mass is 9.80. The molecule has 0 saturated carbocycles. The van der Waals surface area contributed by atoms with E-state index in [9.17, 15) is 0 Å². The fourth-order valence-corrected chi connectivity index (χ4v) is 8.83. The normalized spacial score (nSPS) is 12.5. The summed E-state index contributed by atoms with van der Waals surface area (Å²) in [6, 6.07) is 63.3. The summed E-state index contributed by atoms with van der Waals surface area (Å²) in [7, 11) is 0. The van der Waals surface area contributed by atoms with Crippen LogP contribution in [0, 0.1) is 0 Å². The summed E-state index contributed by atoms with van der Waals surface area (Å²) in [4.78, 5) is 2.51. The van der Waals surface area contributed by atoms with E-state index >= 15 is 0 Å². The third-order valence-corrected chi connectivity index (χ3v) is 11.8. The van der Waals surface area contributed by atoms with Crippen LogP contribution in [-0.4, -0.2) is 4.57 Å². The molecular weight excluding hydrogens is 677 g/mol. The maximum atomic E-state index is 2.51. The van der Waals surface area contributed by atoms with E-state index < -0.39 is 0 Å². The molecule has 272 valence electrons. The van der Waals surface area contributed by atoms with Gasteiger partial charge in [-0.15, -0.1) is 0 Å². The number of para-hydroxylation sites is 2. The molecule has 56 heavy (non-hydrogen) atoms. The van der Waals surface area contributed by atoms with Gasteiger partial charge in [0.2, 0.25) is 0 Å². The summed E-state index contributed by atoms with van der Waals surface area (Å²) < 4.78 is 2.46. The Morgan fingerprint density at radius 1 is 0.393 bits per heavy atom. The Labute approximate surface area is 329 Å². The van der Waals surface area contributed by atoms with Crippen molar-refractivity contribution in [2.24, 2.45) is 0 Å². The summed E-state index contributed by atoms with van der Waals surface area (Å²) in [5.41, 5.74) is 12.1. The summed E-state index contributed by atoms with van der Waals surface area (Å²) in [6.07, 6.45) is 0. The van der Waals surface area contributed by atoms with Crippen LogP contribution in [0.25, 0.3) is 70.9 Å². The number of fused-ring (bicyclic) bond motifs is 3. The van der Waals surface area contributed by atoms with Gasteiger partial charge < -0.3 is 9.47 Å². The second-order valence-corrected chi connectivity index (χ2v) is 17.5. The molecule has 0 spiro atoms. The van der Waals surface area contributed by atoms with Gasteiger partial charge in [-0.2, -0.15) is 0 Å². The topological polar surface area (TPSA) is 8.17 Å². The molecule has 0 unspecified atom stereocenters. The summed E-state index contributed by atoms with van der Waals surface area (Å²) in [5.74, 6) is 0. The monoisotopic (exact) mass is 722 g/mol. The van der Waals surface area contributed by atoms with Crippen molar-refractivity contribution in [3.05, 3.63) is 181 Å². The Morgan fingerprint density at radius 2 is 0.929 bits per heavy atom. The van der Waals surface area contributed by atoms with Crippen LogP contribution >= 0.6 is 0 Å². The van der Waals surface area contributed by atoms with E-state index in [0.717, 1.165) is 5.69 Å². The molecular formula is C54H46N2. The molecule has 0 atom stereocenters. The maximum Gasteiger partial charge on any atom is 0.0541 e. The lowest BCUT2D eigenvalue weighted by Gasteiger charge is -2.32. The zero-order valence-electron chi connectivity index (χ0n) is 33.1. The van der Waals surface area contributed by atoms with Crippen LogP contribution in [0.2, 0.25) is 0 Å². The lowest BCUT2D eigenvalue weighted by Crippen LogP contribution is -2.19. The van der Waals surface area contributed by atoms with Crippen molar-refractivity contribution in [2.45, 2.75) is 52.4 Å². The van der Waals surface area contributed by atoms with E-state index in [4.69, 9.17) is 0 Å². The first-order valence-corrected chi connectivity index (χ1v) is 19.9. The zero-order valence-corrected chi connectivity index (χ0v) is 33.1. The predicted octanol–water partition coefficient (Wildman–Crippen LogP) is 15.4. The molecule has 0 amide bonds. The summed E-state index contributed by atoms with van der Waals surface area (Å²) in [5, 5.41) is 10.1. The van der Waals surface area contributed by atoms with Crippen molar-refractivity contribution in [3.8, 4) is 16.8 Å². The van der Waals surface area contributed by atoms with Gasteiger partial charge in [-0.3, -0.25) is 0 Å².